The Labute approximate surface area is 335 Å². The number of aliphatic hydroxyl groups is 9. The van der Waals surface area contributed by atoms with E-state index in [9.17, 15) is 55.9 Å². The van der Waals surface area contributed by atoms with Crippen molar-refractivity contribution in [3.8, 4) is 0 Å². The highest BCUT2D eigenvalue weighted by Gasteiger charge is 2.70. The van der Waals surface area contributed by atoms with E-state index >= 15 is 0 Å². The molecule has 2 saturated heterocycles. The molecule has 0 aromatic heterocycles. The van der Waals surface area contributed by atoms with E-state index in [4.69, 9.17) is 18.9 Å². The van der Waals surface area contributed by atoms with Gasteiger partial charge in [0.05, 0.1) is 37.4 Å². The van der Waals surface area contributed by atoms with Gasteiger partial charge in [0.1, 0.15) is 48.8 Å². The van der Waals surface area contributed by atoms with Gasteiger partial charge in [-0.3, -0.25) is 4.79 Å². The van der Waals surface area contributed by atoms with Crippen LogP contribution in [0.4, 0.5) is 0 Å². The number of carboxylic acid groups (broad SMARTS) is 1. The maximum Gasteiger partial charge on any atom is 0.310 e. The predicted octanol–water partition coefficient (Wildman–Crippen LogP) is 0.825. The second kappa shape index (κ2) is 14.9. The first-order valence-corrected chi connectivity index (χ1v) is 21.1. The summed E-state index contributed by atoms with van der Waals surface area (Å²) in [5.74, 6) is -0.797. The largest absolute Gasteiger partial charge is 0.481 e. The van der Waals surface area contributed by atoms with E-state index in [1.165, 1.54) is 5.57 Å². The first kappa shape index (κ1) is 43.8. The summed E-state index contributed by atoms with van der Waals surface area (Å²) < 4.78 is 24.1. The van der Waals surface area contributed by atoms with Gasteiger partial charge >= 0.3 is 5.97 Å². The smallest absolute Gasteiger partial charge is 0.310 e. The van der Waals surface area contributed by atoms with Gasteiger partial charge in [-0.05, 0) is 97.2 Å². The van der Waals surface area contributed by atoms with Gasteiger partial charge in [0, 0.05) is 5.41 Å². The highest BCUT2D eigenvalue weighted by atomic mass is 16.8. The maximum absolute atomic E-state index is 13.7. The number of aliphatic carboxylic acids is 1. The minimum absolute atomic E-state index is 0.0650. The number of hydrogen-bond donors (Lipinski definition) is 10. The molecule has 4 saturated carbocycles. The molecular weight excluding hydrogens is 744 g/mol. The number of carbonyl (C=O) groups is 1. The number of rotatable bonds is 8. The lowest BCUT2D eigenvalue weighted by Gasteiger charge is -2.71. The molecule has 326 valence electrons. The number of allylic oxidation sites excluding steroid dienone is 2. The Morgan fingerprint density at radius 2 is 1.37 bits per heavy atom. The molecule has 0 aromatic carbocycles. The van der Waals surface area contributed by atoms with Crippen molar-refractivity contribution in [1.82, 2.24) is 0 Å². The van der Waals surface area contributed by atoms with Crippen LogP contribution < -0.4 is 0 Å². The van der Waals surface area contributed by atoms with Crippen molar-refractivity contribution in [1.29, 1.82) is 0 Å². The zero-order valence-electron chi connectivity index (χ0n) is 34.2. The van der Waals surface area contributed by atoms with Gasteiger partial charge in [0.15, 0.2) is 12.6 Å². The molecule has 5 aliphatic carbocycles. The van der Waals surface area contributed by atoms with E-state index < -0.39 is 109 Å². The molecule has 7 aliphatic rings. The fourth-order valence-electron chi connectivity index (χ4n) is 13.7. The average Bonchev–Trinajstić information content (AvgIpc) is 3.16. The summed E-state index contributed by atoms with van der Waals surface area (Å²) >= 11 is 0. The molecule has 10 N–H and O–H groups in total. The fraction of sp³-hybridized carbons (Fsp3) is 0.929. The van der Waals surface area contributed by atoms with E-state index in [2.05, 4.69) is 26.8 Å². The summed E-state index contributed by atoms with van der Waals surface area (Å²) in [4.78, 5) is 13.7. The Bertz CT molecular complexity index is 1540. The zero-order chi connectivity index (χ0) is 41.8. The van der Waals surface area contributed by atoms with E-state index in [1.807, 2.05) is 20.8 Å². The highest BCUT2D eigenvalue weighted by molar-refractivity contribution is 5.77. The first-order chi connectivity index (χ1) is 26.6. The van der Waals surface area contributed by atoms with Crippen molar-refractivity contribution in [2.24, 2.45) is 50.2 Å². The maximum atomic E-state index is 13.7. The van der Waals surface area contributed by atoms with Gasteiger partial charge in [-0.15, -0.1) is 0 Å². The molecule has 0 radical (unpaired) electrons. The second-order valence-electron chi connectivity index (χ2n) is 20.6. The van der Waals surface area contributed by atoms with Crippen LogP contribution in [0.3, 0.4) is 0 Å². The van der Waals surface area contributed by atoms with Crippen molar-refractivity contribution < 1.29 is 74.8 Å². The lowest BCUT2D eigenvalue weighted by atomic mass is 9.33. The minimum Gasteiger partial charge on any atom is -0.481 e. The molecule has 2 heterocycles. The monoisotopic (exact) mass is 812 g/mol. The Morgan fingerprint density at radius 3 is 1.98 bits per heavy atom. The topological polar surface area (TPSA) is 256 Å². The van der Waals surface area contributed by atoms with Crippen LogP contribution in [0.25, 0.3) is 0 Å². The SMILES string of the molecule is CC1(C)C[C@H]2C3=CC[C@@H]4[C@@]5(C)CC[C@H](O)[C@@](C)(CO)[C@@H]5CC[C@@]4(C)[C@]3(C)CC[C@@]2(C(=O)O)C[C@@H]1O[C@@H]1O[C@H](CO)[C@@H](O)[C@H](O)[C@H]1O[C@@H]1O[C@H](CO)[C@@H](O)[C@H](O)[C@H]1O. The standard InChI is InChI=1S/C42H68O15/c1-37(2)15-21-20-7-8-25-38(3)11-10-26(46)39(4,19-45)24(38)9-12-41(25,6)40(20,5)13-14-42(21,36(52)53)16-27(37)56-35-33(31(50)29(48)23(18-44)55-35)57-34-32(51)30(49)28(47)22(17-43)54-34/h7,21-35,43-51H,8-19H2,1-6H3,(H,52,53)/t21-,22+,23+,24+,25+,26-,27-,28+,29+,30-,31-,32+,33+,34-,35-,38-,39-,40+,41+,42+/m0/s1. The minimum atomic E-state index is -1.83. The quantitative estimate of drug-likeness (QED) is 0.120. The molecule has 0 bridgehead atoms. The number of carboxylic acids is 1. The summed E-state index contributed by atoms with van der Waals surface area (Å²) in [6.07, 6.45) is -9.42. The van der Waals surface area contributed by atoms with Crippen LogP contribution in [-0.4, -0.2) is 150 Å². The number of hydrogen-bond acceptors (Lipinski definition) is 14. The Hall–Kier alpha value is -1.31. The Morgan fingerprint density at radius 1 is 0.737 bits per heavy atom. The number of aliphatic hydroxyl groups excluding tert-OH is 9. The summed E-state index contributed by atoms with van der Waals surface area (Å²) in [5.41, 5.74) is -1.84. The van der Waals surface area contributed by atoms with Gasteiger partial charge in [-0.25, -0.2) is 0 Å². The molecule has 57 heavy (non-hydrogen) atoms. The number of fused-ring (bicyclic) bond motifs is 7. The molecule has 2 aliphatic heterocycles. The third-order valence-corrected chi connectivity index (χ3v) is 17.6. The van der Waals surface area contributed by atoms with E-state index in [0.717, 1.165) is 25.7 Å². The van der Waals surface area contributed by atoms with E-state index in [1.54, 1.807) is 0 Å². The summed E-state index contributed by atoms with van der Waals surface area (Å²) in [6.45, 7) is 11.7. The summed E-state index contributed by atoms with van der Waals surface area (Å²) in [6, 6.07) is 0. The first-order valence-electron chi connectivity index (χ1n) is 21.1. The molecule has 15 heteroatoms. The number of ether oxygens (including phenoxy) is 4. The third-order valence-electron chi connectivity index (χ3n) is 17.6. The summed E-state index contributed by atoms with van der Waals surface area (Å²) in [7, 11) is 0. The highest BCUT2D eigenvalue weighted by Crippen LogP contribution is 2.76. The fourth-order valence-corrected chi connectivity index (χ4v) is 13.7. The lowest BCUT2D eigenvalue weighted by molar-refractivity contribution is -0.377. The van der Waals surface area contributed by atoms with Crippen LogP contribution in [0.5, 0.6) is 0 Å². The molecule has 6 fully saturated rings. The van der Waals surface area contributed by atoms with Gasteiger partial charge in [-0.2, -0.15) is 0 Å². The van der Waals surface area contributed by atoms with Crippen molar-refractivity contribution in [3.05, 3.63) is 11.6 Å². The predicted molar refractivity (Wildman–Crippen MR) is 201 cm³/mol. The summed E-state index contributed by atoms with van der Waals surface area (Å²) in [5, 5.41) is 106. The van der Waals surface area contributed by atoms with Gasteiger partial charge in [0.25, 0.3) is 0 Å². The lowest BCUT2D eigenvalue weighted by Crippen LogP contribution is -2.67. The van der Waals surface area contributed by atoms with Gasteiger partial charge in [0.2, 0.25) is 0 Å². The van der Waals surface area contributed by atoms with Crippen LogP contribution in [0, 0.1) is 50.2 Å². The van der Waals surface area contributed by atoms with E-state index in [-0.39, 0.29) is 47.0 Å². The molecule has 7 rings (SSSR count). The van der Waals surface area contributed by atoms with Gasteiger partial charge < -0.3 is 70.0 Å². The van der Waals surface area contributed by atoms with Crippen LogP contribution >= 0.6 is 0 Å². The Kier molecular flexibility index (Phi) is 11.5. The molecular formula is C42H68O15. The van der Waals surface area contributed by atoms with Crippen molar-refractivity contribution in [3.63, 3.8) is 0 Å². The van der Waals surface area contributed by atoms with Crippen LogP contribution in [0.1, 0.15) is 99.3 Å². The molecule has 0 unspecified atom stereocenters. The van der Waals surface area contributed by atoms with Crippen molar-refractivity contribution in [2.45, 2.75) is 173 Å². The zero-order valence-corrected chi connectivity index (χ0v) is 34.2. The molecule has 20 atom stereocenters. The van der Waals surface area contributed by atoms with Crippen molar-refractivity contribution >= 4 is 5.97 Å². The molecule has 0 spiro atoms. The van der Waals surface area contributed by atoms with E-state index in [0.29, 0.717) is 25.7 Å². The van der Waals surface area contributed by atoms with Crippen molar-refractivity contribution in [2.75, 3.05) is 19.8 Å². The van der Waals surface area contributed by atoms with Gasteiger partial charge in [-0.1, -0.05) is 53.2 Å². The molecule has 0 aromatic rings. The van der Waals surface area contributed by atoms with Crippen LogP contribution in [0.15, 0.2) is 11.6 Å². The normalized spacial score (nSPS) is 54.7. The molecule has 0 amide bonds. The second-order valence-corrected chi connectivity index (χ2v) is 20.6. The van der Waals surface area contributed by atoms with Crippen LogP contribution in [-0.2, 0) is 23.7 Å². The average molecular weight is 813 g/mol. The Balaban J connectivity index is 1.19. The molecule has 15 nitrogen and oxygen atoms in total. The van der Waals surface area contributed by atoms with Crippen LogP contribution in [0.2, 0.25) is 0 Å². The third kappa shape index (κ3) is 6.35.